The van der Waals surface area contributed by atoms with Crippen LogP contribution in [0.5, 0.6) is 34.5 Å². The van der Waals surface area contributed by atoms with Gasteiger partial charge in [-0.25, -0.2) is 0 Å². The maximum atomic E-state index is 12.1. The number of rotatable bonds is 10. The summed E-state index contributed by atoms with van der Waals surface area (Å²) in [5, 5.41) is 38.3. The zero-order valence-electron chi connectivity index (χ0n) is 24.0. The van der Waals surface area contributed by atoms with Crippen LogP contribution in [0.1, 0.15) is 26.2 Å². The molecule has 0 unspecified atom stereocenters. The largest absolute Gasteiger partial charge is 0.508 e. The Hall–Kier alpha value is -4.12. The van der Waals surface area contributed by atoms with Crippen LogP contribution in [0.2, 0.25) is 0 Å². The lowest BCUT2D eigenvalue weighted by Crippen LogP contribution is -2.37. The third-order valence-electron chi connectivity index (χ3n) is 6.67. The molecule has 0 bridgehead atoms. The highest BCUT2D eigenvalue weighted by atomic mass is 35.5. The van der Waals surface area contributed by atoms with Gasteiger partial charge in [0.05, 0.1) is 31.8 Å². The minimum absolute atomic E-state index is 0. The smallest absolute Gasteiger partial charge is 0.235 e. The molecule has 0 atom stereocenters. The molecular formula is C32H38ClNO9. The molecule has 232 valence electrons. The van der Waals surface area contributed by atoms with Gasteiger partial charge in [-0.15, -0.1) is 12.4 Å². The van der Waals surface area contributed by atoms with E-state index in [9.17, 15) is 25.2 Å². The van der Waals surface area contributed by atoms with Crippen LogP contribution >= 0.6 is 12.4 Å². The lowest BCUT2D eigenvalue weighted by Gasteiger charge is -2.26. The van der Waals surface area contributed by atoms with E-state index in [2.05, 4.69) is 11.8 Å². The van der Waals surface area contributed by atoms with Gasteiger partial charge < -0.3 is 39.1 Å². The fraction of sp³-hybridized carbons (Fsp3) is 0.344. The number of hydrogen-bond acceptors (Lipinski definition) is 10. The van der Waals surface area contributed by atoms with Crippen molar-refractivity contribution >= 4 is 23.4 Å². The number of fused-ring (bicyclic) bond motifs is 1. The number of ether oxygens (including phenoxy) is 3. The summed E-state index contributed by atoms with van der Waals surface area (Å²) in [4.78, 5) is 14.5. The van der Waals surface area contributed by atoms with Gasteiger partial charge in [-0.1, -0.05) is 13.3 Å². The van der Waals surface area contributed by atoms with E-state index in [1.54, 1.807) is 0 Å². The fourth-order valence-electron chi connectivity index (χ4n) is 4.30. The molecule has 0 saturated carbocycles. The SMILES string of the molecule is CCCCOc1ccc(OCCCN2CCOCC2)cc1.Cl.O=c1c(O)c(-c2ccc(O)c(O)c2)oc2cc(O)ccc12. The lowest BCUT2D eigenvalue weighted by atomic mass is 10.1. The first-order valence-corrected chi connectivity index (χ1v) is 14.0. The average Bonchev–Trinajstić information content (AvgIpc) is 3.00. The molecule has 1 saturated heterocycles. The Morgan fingerprint density at radius 2 is 1.47 bits per heavy atom. The molecular weight excluding hydrogens is 578 g/mol. The van der Waals surface area contributed by atoms with Crippen molar-refractivity contribution in [2.45, 2.75) is 26.2 Å². The third-order valence-corrected chi connectivity index (χ3v) is 6.67. The van der Waals surface area contributed by atoms with E-state index in [4.69, 9.17) is 18.6 Å². The van der Waals surface area contributed by atoms with Crippen LogP contribution in [0.4, 0.5) is 0 Å². The summed E-state index contributed by atoms with van der Waals surface area (Å²) in [5.74, 6) is 0.232. The Labute approximate surface area is 256 Å². The maximum Gasteiger partial charge on any atom is 0.235 e. The van der Waals surface area contributed by atoms with E-state index < -0.39 is 16.9 Å². The Kier molecular flexibility index (Phi) is 12.8. The van der Waals surface area contributed by atoms with Crippen LogP contribution in [-0.2, 0) is 4.74 Å². The molecule has 1 aliphatic rings. The Balaban J connectivity index is 0.000000230. The summed E-state index contributed by atoms with van der Waals surface area (Å²) in [5.41, 5.74) is -0.343. The van der Waals surface area contributed by atoms with Gasteiger partial charge in [0.25, 0.3) is 0 Å². The highest BCUT2D eigenvalue weighted by Crippen LogP contribution is 2.35. The Bertz CT molecular complexity index is 1500. The van der Waals surface area contributed by atoms with Crippen molar-refractivity contribution in [2.75, 3.05) is 46.1 Å². The summed E-state index contributed by atoms with van der Waals surface area (Å²) >= 11 is 0. The summed E-state index contributed by atoms with van der Waals surface area (Å²) in [6.45, 7) is 8.61. The first kappa shape index (κ1) is 33.4. The van der Waals surface area contributed by atoms with E-state index in [0.717, 1.165) is 82.9 Å². The maximum absolute atomic E-state index is 12.1. The summed E-state index contributed by atoms with van der Waals surface area (Å²) in [7, 11) is 0. The Morgan fingerprint density at radius 3 is 2.09 bits per heavy atom. The van der Waals surface area contributed by atoms with Gasteiger partial charge in [-0.05, 0) is 67.4 Å². The fourth-order valence-corrected chi connectivity index (χ4v) is 4.30. The van der Waals surface area contributed by atoms with Gasteiger partial charge in [0, 0.05) is 31.3 Å². The number of morpholine rings is 1. The molecule has 11 heteroatoms. The number of unbranched alkanes of at least 4 members (excludes halogenated alkanes) is 1. The number of phenolic OH excluding ortho intramolecular Hbond substituents is 3. The van der Waals surface area contributed by atoms with Crippen LogP contribution in [0, 0.1) is 0 Å². The lowest BCUT2D eigenvalue weighted by molar-refractivity contribution is 0.0358. The van der Waals surface area contributed by atoms with Crippen molar-refractivity contribution in [3.8, 4) is 45.8 Å². The van der Waals surface area contributed by atoms with Crippen molar-refractivity contribution in [3.63, 3.8) is 0 Å². The molecule has 0 spiro atoms. The van der Waals surface area contributed by atoms with Crippen molar-refractivity contribution < 1.29 is 39.1 Å². The first-order valence-electron chi connectivity index (χ1n) is 14.0. The molecule has 4 N–H and O–H groups in total. The van der Waals surface area contributed by atoms with Crippen LogP contribution in [0.3, 0.4) is 0 Å². The first-order chi connectivity index (χ1) is 20.4. The minimum atomic E-state index is -0.654. The molecule has 4 aromatic rings. The van der Waals surface area contributed by atoms with E-state index in [0.29, 0.717) is 0 Å². The van der Waals surface area contributed by atoms with Crippen molar-refractivity contribution in [2.24, 2.45) is 0 Å². The molecule has 1 aromatic heterocycles. The van der Waals surface area contributed by atoms with E-state index >= 15 is 0 Å². The summed E-state index contributed by atoms with van der Waals surface area (Å²) in [6, 6.07) is 15.6. The predicted molar refractivity (Wildman–Crippen MR) is 166 cm³/mol. The predicted octanol–water partition coefficient (Wildman–Crippen LogP) is 5.67. The minimum Gasteiger partial charge on any atom is -0.508 e. The highest BCUT2D eigenvalue weighted by Gasteiger charge is 2.17. The van der Waals surface area contributed by atoms with Crippen LogP contribution in [0.15, 0.2) is 69.9 Å². The summed E-state index contributed by atoms with van der Waals surface area (Å²) in [6.07, 6.45) is 3.30. The topological polar surface area (TPSA) is 142 Å². The highest BCUT2D eigenvalue weighted by molar-refractivity contribution is 5.85. The molecule has 1 fully saturated rings. The molecule has 1 aliphatic heterocycles. The number of aromatic hydroxyl groups is 4. The van der Waals surface area contributed by atoms with Crippen LogP contribution in [-0.4, -0.2) is 71.4 Å². The number of phenols is 3. The monoisotopic (exact) mass is 615 g/mol. The molecule has 0 aliphatic carbocycles. The normalized spacial score (nSPS) is 13.0. The number of hydrogen-bond donors (Lipinski definition) is 4. The van der Waals surface area contributed by atoms with Crippen molar-refractivity contribution in [1.82, 2.24) is 4.90 Å². The van der Waals surface area contributed by atoms with Gasteiger partial charge in [-0.3, -0.25) is 9.69 Å². The van der Waals surface area contributed by atoms with Gasteiger partial charge >= 0.3 is 0 Å². The standard InChI is InChI=1S/C17H27NO3.C15H10O6.ClH/c1-2-3-12-20-16-5-7-17(8-6-16)21-13-4-9-18-10-14-19-15-11-18;16-8-2-3-9-12(6-8)21-15(14(20)13(9)19)7-1-4-10(17)11(18)5-7;/h5-8H,2-4,9-15H2,1H3;1-6,16-18,20H;1H. The zero-order valence-corrected chi connectivity index (χ0v) is 24.8. The van der Waals surface area contributed by atoms with E-state index in [1.165, 1.54) is 30.3 Å². The van der Waals surface area contributed by atoms with Gasteiger partial charge in [0.15, 0.2) is 17.3 Å². The molecule has 5 rings (SSSR count). The van der Waals surface area contributed by atoms with Gasteiger partial charge in [0.1, 0.15) is 22.8 Å². The molecule has 0 radical (unpaired) electrons. The van der Waals surface area contributed by atoms with E-state index in [1.807, 2.05) is 24.3 Å². The van der Waals surface area contributed by atoms with Crippen molar-refractivity contribution in [1.29, 1.82) is 0 Å². The number of benzene rings is 3. The van der Waals surface area contributed by atoms with Crippen LogP contribution in [0.25, 0.3) is 22.3 Å². The van der Waals surface area contributed by atoms with Gasteiger partial charge in [-0.2, -0.15) is 0 Å². The molecule has 3 aromatic carbocycles. The van der Waals surface area contributed by atoms with E-state index in [-0.39, 0.29) is 46.2 Å². The summed E-state index contributed by atoms with van der Waals surface area (Å²) < 4.78 is 22.2. The second kappa shape index (κ2) is 16.5. The quantitative estimate of drug-likeness (QED) is 0.130. The molecule has 43 heavy (non-hydrogen) atoms. The number of nitrogens with zero attached hydrogens (tertiary/aromatic N) is 1. The molecule has 2 heterocycles. The van der Waals surface area contributed by atoms with Gasteiger partial charge in [0.2, 0.25) is 11.2 Å². The third kappa shape index (κ3) is 9.44. The Morgan fingerprint density at radius 1 is 0.814 bits per heavy atom. The number of halogens is 1. The van der Waals surface area contributed by atoms with Crippen molar-refractivity contribution in [3.05, 3.63) is 70.9 Å². The second-order valence-electron chi connectivity index (χ2n) is 9.82. The van der Waals surface area contributed by atoms with Crippen LogP contribution < -0.4 is 14.9 Å². The average molecular weight is 616 g/mol. The zero-order chi connectivity index (χ0) is 29.9. The molecule has 10 nitrogen and oxygen atoms in total. The second-order valence-corrected chi connectivity index (χ2v) is 9.82. The molecule has 0 amide bonds.